The Morgan fingerprint density at radius 2 is 1.88 bits per heavy atom. The molecule has 0 unspecified atom stereocenters. The first-order valence-corrected chi connectivity index (χ1v) is 7.47. The van der Waals surface area contributed by atoms with Crippen LogP contribution in [0.4, 0.5) is 0 Å². The fourth-order valence-electron chi connectivity index (χ4n) is 1.99. The van der Waals surface area contributed by atoms with Crippen molar-refractivity contribution in [3.63, 3.8) is 0 Å². The molecule has 130 valence electrons. The van der Waals surface area contributed by atoms with Crippen LogP contribution in [0.3, 0.4) is 0 Å². The summed E-state index contributed by atoms with van der Waals surface area (Å²) in [5.74, 6) is 0.226. The second-order valence-corrected chi connectivity index (χ2v) is 5.44. The van der Waals surface area contributed by atoms with Crippen LogP contribution in [-0.2, 0) is 4.84 Å². The topological polar surface area (TPSA) is 131 Å². The molecule has 11 nitrogen and oxygen atoms in total. The number of nitrogens with zero attached hydrogens (tertiary/aromatic N) is 7. The zero-order chi connectivity index (χ0) is 17.6. The minimum absolute atomic E-state index is 0.00462. The number of hydrogen-bond donors (Lipinski definition) is 0. The number of aryl methyl sites for hydroxylation is 1. The first-order valence-electron chi connectivity index (χ1n) is 7.47. The smallest absolute Gasteiger partial charge is 0.355 e. The summed E-state index contributed by atoms with van der Waals surface area (Å²) in [5, 5.41) is 29.2. The molecule has 0 N–H and O–H groups in total. The van der Waals surface area contributed by atoms with Gasteiger partial charge in [-0.3, -0.25) is 0 Å². The molecule has 2 rings (SSSR count). The third-order valence-corrected chi connectivity index (χ3v) is 3.85. The molecule has 0 aliphatic rings. The maximum Gasteiger partial charge on any atom is 0.355 e. The van der Waals surface area contributed by atoms with Gasteiger partial charge in [-0.05, 0) is 25.3 Å². The average Bonchev–Trinajstić information content (AvgIpc) is 3.02. The predicted molar refractivity (Wildman–Crippen MR) is 80.9 cm³/mol. The second kappa shape index (κ2) is 7.62. The molecule has 0 aromatic carbocycles. The zero-order valence-electron chi connectivity index (χ0n) is 13.7. The Labute approximate surface area is 138 Å². The molecule has 0 amide bonds. The lowest BCUT2D eigenvalue weighted by molar-refractivity contribution is -0.761. The lowest BCUT2D eigenvalue weighted by atomic mass is 9.84. The maximum atomic E-state index is 10.4. The van der Waals surface area contributed by atoms with E-state index in [9.17, 15) is 10.1 Å². The van der Waals surface area contributed by atoms with Crippen molar-refractivity contribution >= 4 is 0 Å². The van der Waals surface area contributed by atoms with Crippen LogP contribution in [0.1, 0.15) is 32.3 Å². The van der Waals surface area contributed by atoms with E-state index < -0.39 is 10.5 Å². The van der Waals surface area contributed by atoms with Crippen LogP contribution in [0.2, 0.25) is 0 Å². The maximum absolute atomic E-state index is 10.4. The summed E-state index contributed by atoms with van der Waals surface area (Å²) < 4.78 is 6.95. The minimum Gasteiger partial charge on any atom is -0.461 e. The van der Waals surface area contributed by atoms with E-state index in [0.717, 1.165) is 5.56 Å². The highest BCUT2D eigenvalue weighted by atomic mass is 16.9. The molecule has 24 heavy (non-hydrogen) atoms. The van der Waals surface area contributed by atoms with Crippen LogP contribution in [0.25, 0.3) is 5.95 Å². The van der Waals surface area contributed by atoms with Gasteiger partial charge >= 0.3 is 6.01 Å². The summed E-state index contributed by atoms with van der Waals surface area (Å²) in [6.45, 7) is 5.83. The van der Waals surface area contributed by atoms with E-state index >= 15 is 0 Å². The number of ether oxygens (including phenoxy) is 1. The predicted octanol–water partition coefficient (Wildman–Crippen LogP) is 1.15. The highest BCUT2D eigenvalue weighted by Crippen LogP contribution is 2.27. The SMILES string of the molecule is CCC(CC)(COc1nnc(-n2cc(C)cn2)nn1)CO[N+](=O)[O-]. The quantitative estimate of drug-likeness (QED) is 0.488. The van der Waals surface area contributed by atoms with Crippen molar-refractivity contribution < 1.29 is 14.7 Å². The van der Waals surface area contributed by atoms with Gasteiger partial charge < -0.3 is 9.57 Å². The average molecular weight is 337 g/mol. The third-order valence-electron chi connectivity index (χ3n) is 3.85. The van der Waals surface area contributed by atoms with Gasteiger partial charge in [0.1, 0.15) is 6.61 Å². The van der Waals surface area contributed by atoms with Gasteiger partial charge in [-0.1, -0.05) is 24.0 Å². The van der Waals surface area contributed by atoms with Crippen LogP contribution in [-0.4, -0.2) is 48.5 Å². The van der Waals surface area contributed by atoms with Crippen LogP contribution in [0.5, 0.6) is 6.01 Å². The fourth-order valence-corrected chi connectivity index (χ4v) is 1.99. The Morgan fingerprint density at radius 1 is 1.21 bits per heavy atom. The van der Waals surface area contributed by atoms with Gasteiger partial charge in [-0.15, -0.1) is 20.3 Å². The Hall–Kier alpha value is -2.85. The van der Waals surface area contributed by atoms with Gasteiger partial charge in [-0.2, -0.15) is 5.10 Å². The minimum atomic E-state index is -0.805. The van der Waals surface area contributed by atoms with E-state index in [1.807, 2.05) is 20.8 Å². The normalized spacial score (nSPS) is 11.3. The van der Waals surface area contributed by atoms with Crippen molar-refractivity contribution in [3.8, 4) is 12.0 Å². The second-order valence-electron chi connectivity index (χ2n) is 5.44. The van der Waals surface area contributed by atoms with E-state index in [1.54, 1.807) is 12.4 Å². The van der Waals surface area contributed by atoms with Crippen LogP contribution in [0, 0.1) is 22.5 Å². The first-order chi connectivity index (χ1) is 11.5. The van der Waals surface area contributed by atoms with Crippen LogP contribution >= 0.6 is 0 Å². The Morgan fingerprint density at radius 3 is 2.38 bits per heavy atom. The van der Waals surface area contributed by atoms with Gasteiger partial charge in [0.15, 0.2) is 0 Å². The van der Waals surface area contributed by atoms with Crippen molar-refractivity contribution in [2.45, 2.75) is 33.6 Å². The highest BCUT2D eigenvalue weighted by Gasteiger charge is 2.29. The van der Waals surface area contributed by atoms with Crippen molar-refractivity contribution in [2.24, 2.45) is 5.41 Å². The fraction of sp³-hybridized carbons (Fsp3) is 0.615. The third kappa shape index (κ3) is 4.33. The monoisotopic (exact) mass is 337 g/mol. The molecule has 0 radical (unpaired) electrons. The lowest BCUT2D eigenvalue weighted by Gasteiger charge is -2.29. The summed E-state index contributed by atoms with van der Waals surface area (Å²) in [6.07, 6.45) is 4.69. The largest absolute Gasteiger partial charge is 0.461 e. The first kappa shape index (κ1) is 17.5. The Bertz CT molecular complexity index is 669. The van der Waals surface area contributed by atoms with Crippen molar-refractivity contribution in [1.82, 2.24) is 30.2 Å². The van der Waals surface area contributed by atoms with Crippen molar-refractivity contribution in [1.29, 1.82) is 0 Å². The molecule has 0 fully saturated rings. The number of aromatic nitrogens is 6. The Kier molecular flexibility index (Phi) is 5.55. The lowest BCUT2D eigenvalue weighted by Crippen LogP contribution is -2.34. The molecule has 2 heterocycles. The summed E-state index contributed by atoms with van der Waals surface area (Å²) in [6, 6.07) is -0.00462. The summed E-state index contributed by atoms with van der Waals surface area (Å²) >= 11 is 0. The van der Waals surface area contributed by atoms with Gasteiger partial charge in [0, 0.05) is 11.6 Å². The van der Waals surface area contributed by atoms with Gasteiger partial charge in [0.2, 0.25) is 0 Å². The molecule has 11 heteroatoms. The molecule has 0 atom stereocenters. The molecule has 0 spiro atoms. The summed E-state index contributed by atoms with van der Waals surface area (Å²) in [7, 11) is 0. The van der Waals surface area contributed by atoms with Crippen LogP contribution < -0.4 is 4.74 Å². The summed E-state index contributed by atoms with van der Waals surface area (Å²) in [4.78, 5) is 14.9. The molecule has 0 bridgehead atoms. The van der Waals surface area contributed by atoms with Gasteiger partial charge in [0.05, 0.1) is 12.8 Å². The number of rotatable bonds is 9. The molecule has 0 aliphatic carbocycles. The number of hydrogen-bond acceptors (Lipinski definition) is 9. The van der Waals surface area contributed by atoms with Gasteiger partial charge in [0.25, 0.3) is 11.0 Å². The van der Waals surface area contributed by atoms with E-state index in [4.69, 9.17) is 4.74 Å². The van der Waals surface area contributed by atoms with E-state index in [-0.39, 0.29) is 25.2 Å². The molecular weight excluding hydrogens is 318 g/mol. The summed E-state index contributed by atoms with van der Waals surface area (Å²) in [5.41, 5.74) is 0.453. The highest BCUT2D eigenvalue weighted by molar-refractivity contribution is 5.10. The standard InChI is InChI=1S/C13H19N7O4/c1-4-13(5-2,9-24-20(21)22)8-23-12-17-15-11(16-18-12)19-7-10(3)6-14-19/h6-7H,4-5,8-9H2,1-3H3. The molecule has 0 saturated carbocycles. The van der Waals surface area contributed by atoms with Crippen LogP contribution in [0.15, 0.2) is 12.4 Å². The van der Waals surface area contributed by atoms with Crippen molar-refractivity contribution in [3.05, 3.63) is 28.1 Å². The van der Waals surface area contributed by atoms with E-state index in [1.165, 1.54) is 4.68 Å². The molecule has 2 aromatic rings. The van der Waals surface area contributed by atoms with E-state index in [2.05, 4.69) is 30.3 Å². The Balaban J connectivity index is 2.00. The molecule has 0 aliphatic heterocycles. The molecule has 2 aromatic heterocycles. The zero-order valence-corrected chi connectivity index (χ0v) is 13.7. The molecule has 0 saturated heterocycles. The molecular formula is C13H19N7O4. The van der Waals surface area contributed by atoms with Gasteiger partial charge in [-0.25, -0.2) is 4.68 Å². The van der Waals surface area contributed by atoms with Crippen molar-refractivity contribution in [2.75, 3.05) is 13.2 Å². The van der Waals surface area contributed by atoms with E-state index in [0.29, 0.717) is 12.8 Å².